The SMILES string of the molecule is Cc1cc(CNC(=O)c2cccc(C)c2I)no1. The van der Waals surface area contributed by atoms with Crippen LogP contribution < -0.4 is 5.32 Å². The zero-order valence-corrected chi connectivity index (χ0v) is 12.3. The number of carbonyl (C=O) groups excluding carboxylic acids is 1. The van der Waals surface area contributed by atoms with Gasteiger partial charge in [0.1, 0.15) is 11.5 Å². The average Bonchev–Trinajstić information content (AvgIpc) is 2.76. The summed E-state index contributed by atoms with van der Waals surface area (Å²) in [5.41, 5.74) is 2.51. The molecule has 1 amide bonds. The molecule has 0 spiro atoms. The number of hydrogen-bond donors (Lipinski definition) is 1. The molecule has 0 bridgehead atoms. The lowest BCUT2D eigenvalue weighted by Gasteiger charge is -2.07. The summed E-state index contributed by atoms with van der Waals surface area (Å²) in [6, 6.07) is 7.49. The van der Waals surface area contributed by atoms with Crippen molar-refractivity contribution in [2.45, 2.75) is 20.4 Å². The van der Waals surface area contributed by atoms with E-state index in [-0.39, 0.29) is 5.91 Å². The summed E-state index contributed by atoms with van der Waals surface area (Å²) in [5.74, 6) is 0.646. The summed E-state index contributed by atoms with van der Waals surface area (Å²) in [5, 5.41) is 6.66. The van der Waals surface area contributed by atoms with Gasteiger partial charge in [-0.2, -0.15) is 0 Å². The average molecular weight is 356 g/mol. The van der Waals surface area contributed by atoms with Gasteiger partial charge >= 0.3 is 0 Å². The van der Waals surface area contributed by atoms with E-state index in [0.717, 1.165) is 20.6 Å². The van der Waals surface area contributed by atoms with Crippen molar-refractivity contribution in [1.29, 1.82) is 0 Å². The quantitative estimate of drug-likeness (QED) is 0.861. The first-order valence-electron chi connectivity index (χ1n) is 5.53. The second-order valence-electron chi connectivity index (χ2n) is 4.05. The molecule has 0 saturated carbocycles. The maximum absolute atomic E-state index is 12.0. The molecule has 1 aromatic carbocycles. The minimum absolute atomic E-state index is 0.0937. The Balaban J connectivity index is 2.06. The molecule has 2 aromatic rings. The van der Waals surface area contributed by atoms with E-state index >= 15 is 0 Å². The third-order valence-electron chi connectivity index (χ3n) is 2.54. The molecule has 0 unspecified atom stereocenters. The number of aromatic nitrogens is 1. The van der Waals surface area contributed by atoms with E-state index in [2.05, 4.69) is 33.1 Å². The van der Waals surface area contributed by atoms with Crippen molar-refractivity contribution in [3.8, 4) is 0 Å². The van der Waals surface area contributed by atoms with Crippen LogP contribution >= 0.6 is 22.6 Å². The van der Waals surface area contributed by atoms with Crippen LogP contribution in [0.1, 0.15) is 27.4 Å². The molecule has 0 aliphatic carbocycles. The number of benzene rings is 1. The Kier molecular flexibility index (Phi) is 4.00. The molecule has 0 saturated heterocycles. The Labute approximate surface area is 119 Å². The van der Waals surface area contributed by atoms with Crippen LogP contribution in [0.3, 0.4) is 0 Å². The topological polar surface area (TPSA) is 55.1 Å². The first kappa shape index (κ1) is 13.1. The van der Waals surface area contributed by atoms with Crippen LogP contribution in [0.2, 0.25) is 0 Å². The lowest BCUT2D eigenvalue weighted by Crippen LogP contribution is -2.24. The number of hydrogen-bond acceptors (Lipinski definition) is 3. The molecule has 5 heteroatoms. The van der Waals surface area contributed by atoms with Gasteiger partial charge in [0.15, 0.2) is 0 Å². The highest BCUT2D eigenvalue weighted by Crippen LogP contribution is 2.16. The normalized spacial score (nSPS) is 10.4. The minimum Gasteiger partial charge on any atom is -0.361 e. The predicted octanol–water partition coefficient (Wildman–Crippen LogP) is 2.83. The maximum atomic E-state index is 12.0. The summed E-state index contributed by atoms with van der Waals surface area (Å²) < 4.78 is 5.92. The zero-order chi connectivity index (χ0) is 13.1. The van der Waals surface area contributed by atoms with Gasteiger partial charge in [-0.1, -0.05) is 17.3 Å². The van der Waals surface area contributed by atoms with Crippen LogP contribution in [0.4, 0.5) is 0 Å². The number of halogens is 1. The Morgan fingerprint density at radius 2 is 2.22 bits per heavy atom. The molecule has 1 heterocycles. The highest BCUT2D eigenvalue weighted by Gasteiger charge is 2.11. The fraction of sp³-hybridized carbons (Fsp3) is 0.231. The lowest BCUT2D eigenvalue weighted by atomic mass is 10.1. The van der Waals surface area contributed by atoms with Gasteiger partial charge in [0.25, 0.3) is 5.91 Å². The minimum atomic E-state index is -0.0937. The van der Waals surface area contributed by atoms with Gasteiger partial charge in [0.05, 0.1) is 12.1 Å². The smallest absolute Gasteiger partial charge is 0.252 e. The summed E-state index contributed by atoms with van der Waals surface area (Å²) in [6.07, 6.45) is 0. The van der Waals surface area contributed by atoms with Crippen LogP contribution in [0.25, 0.3) is 0 Å². The van der Waals surface area contributed by atoms with Crippen molar-refractivity contribution in [3.05, 3.63) is 50.4 Å². The molecule has 0 fully saturated rings. The number of nitrogens with one attached hydrogen (secondary N) is 1. The van der Waals surface area contributed by atoms with Crippen molar-refractivity contribution in [2.75, 3.05) is 0 Å². The Morgan fingerprint density at radius 3 is 2.89 bits per heavy atom. The second-order valence-corrected chi connectivity index (χ2v) is 5.13. The number of rotatable bonds is 3. The van der Waals surface area contributed by atoms with Gasteiger partial charge in [-0.05, 0) is 48.1 Å². The van der Waals surface area contributed by atoms with Gasteiger partial charge in [-0.3, -0.25) is 4.79 Å². The van der Waals surface area contributed by atoms with Crippen LogP contribution in [-0.4, -0.2) is 11.1 Å². The van der Waals surface area contributed by atoms with Crippen molar-refractivity contribution in [3.63, 3.8) is 0 Å². The second kappa shape index (κ2) is 5.51. The zero-order valence-electron chi connectivity index (χ0n) is 10.2. The largest absolute Gasteiger partial charge is 0.361 e. The third-order valence-corrected chi connectivity index (χ3v) is 3.98. The summed E-state index contributed by atoms with van der Waals surface area (Å²) in [7, 11) is 0. The van der Waals surface area contributed by atoms with E-state index in [4.69, 9.17) is 4.52 Å². The molecule has 4 nitrogen and oxygen atoms in total. The van der Waals surface area contributed by atoms with E-state index < -0.39 is 0 Å². The molecular weight excluding hydrogens is 343 g/mol. The summed E-state index contributed by atoms with van der Waals surface area (Å²) in [6.45, 7) is 4.18. The number of amides is 1. The number of carbonyl (C=O) groups is 1. The third kappa shape index (κ3) is 2.90. The lowest BCUT2D eigenvalue weighted by molar-refractivity contribution is 0.0949. The van der Waals surface area contributed by atoms with Gasteiger partial charge in [0.2, 0.25) is 0 Å². The molecule has 1 N–H and O–H groups in total. The highest BCUT2D eigenvalue weighted by molar-refractivity contribution is 14.1. The van der Waals surface area contributed by atoms with Crippen LogP contribution in [-0.2, 0) is 6.54 Å². The Hall–Kier alpha value is -1.37. The predicted molar refractivity (Wildman–Crippen MR) is 76.3 cm³/mol. The molecule has 0 aliphatic rings. The standard InChI is InChI=1S/C13H13IN2O2/c1-8-4-3-5-11(12(8)14)13(17)15-7-10-6-9(2)18-16-10/h3-6H,7H2,1-2H3,(H,15,17). The molecular formula is C13H13IN2O2. The van der Waals surface area contributed by atoms with Gasteiger partial charge in [-0.25, -0.2) is 0 Å². The van der Waals surface area contributed by atoms with Crippen molar-refractivity contribution >= 4 is 28.5 Å². The molecule has 0 radical (unpaired) electrons. The van der Waals surface area contributed by atoms with Crippen LogP contribution in [0, 0.1) is 17.4 Å². The van der Waals surface area contributed by atoms with Crippen molar-refractivity contribution in [1.82, 2.24) is 10.5 Å². The molecule has 0 aliphatic heterocycles. The fourth-order valence-corrected chi connectivity index (χ4v) is 2.19. The summed E-state index contributed by atoms with van der Waals surface area (Å²) >= 11 is 2.18. The van der Waals surface area contributed by atoms with Gasteiger partial charge < -0.3 is 9.84 Å². The van der Waals surface area contributed by atoms with Crippen molar-refractivity contribution in [2.24, 2.45) is 0 Å². The fourth-order valence-electron chi connectivity index (χ4n) is 1.59. The van der Waals surface area contributed by atoms with Gasteiger partial charge in [0, 0.05) is 9.64 Å². The van der Waals surface area contributed by atoms with Crippen LogP contribution in [0.15, 0.2) is 28.8 Å². The molecule has 0 atom stereocenters. The van der Waals surface area contributed by atoms with Crippen LogP contribution in [0.5, 0.6) is 0 Å². The number of nitrogens with zero attached hydrogens (tertiary/aromatic N) is 1. The first-order valence-corrected chi connectivity index (χ1v) is 6.61. The van der Waals surface area contributed by atoms with E-state index in [0.29, 0.717) is 12.1 Å². The first-order chi connectivity index (χ1) is 8.58. The Bertz CT molecular complexity index is 578. The summed E-state index contributed by atoms with van der Waals surface area (Å²) in [4.78, 5) is 12.0. The van der Waals surface area contributed by atoms with E-state index in [1.807, 2.05) is 38.1 Å². The Morgan fingerprint density at radius 1 is 1.44 bits per heavy atom. The molecule has 94 valence electrons. The molecule has 18 heavy (non-hydrogen) atoms. The highest BCUT2D eigenvalue weighted by atomic mass is 127. The number of aryl methyl sites for hydroxylation is 2. The van der Waals surface area contributed by atoms with Crippen molar-refractivity contribution < 1.29 is 9.32 Å². The van der Waals surface area contributed by atoms with Gasteiger partial charge in [-0.15, -0.1) is 0 Å². The molecule has 2 rings (SSSR count). The van der Waals surface area contributed by atoms with E-state index in [1.54, 1.807) is 0 Å². The van der Waals surface area contributed by atoms with E-state index in [9.17, 15) is 4.79 Å². The van der Waals surface area contributed by atoms with E-state index in [1.165, 1.54) is 0 Å². The monoisotopic (exact) mass is 356 g/mol. The molecule has 1 aromatic heterocycles. The maximum Gasteiger partial charge on any atom is 0.252 e.